The van der Waals surface area contributed by atoms with E-state index in [9.17, 15) is 18.0 Å². The van der Waals surface area contributed by atoms with E-state index in [0.717, 1.165) is 0 Å². The summed E-state index contributed by atoms with van der Waals surface area (Å²) in [5.41, 5.74) is 0. The minimum absolute atomic E-state index is 2.01. The molecule has 0 amide bonds. The van der Waals surface area contributed by atoms with Crippen LogP contribution < -0.4 is 0 Å². The Morgan fingerprint density at radius 2 is 1.67 bits per heavy atom. The van der Waals surface area contributed by atoms with E-state index < -0.39 is 16.8 Å². The summed E-state index contributed by atoms with van der Waals surface area (Å²) < 4.78 is 33.5. The van der Waals surface area contributed by atoms with E-state index in [1.807, 2.05) is 0 Å². The lowest BCUT2D eigenvalue weighted by Gasteiger charge is -2.03. The van der Waals surface area contributed by atoms with Crippen molar-refractivity contribution < 1.29 is 18.0 Å². The molecule has 0 bridgehead atoms. The summed E-state index contributed by atoms with van der Waals surface area (Å²) in [4.78, 5) is 7.77. The fourth-order valence-electron chi connectivity index (χ4n) is 0.124. The Kier molecular flexibility index (Phi) is 2.76. The molecule has 0 aromatic carbocycles. The average molecular weight is 181 g/mol. The van der Waals surface area contributed by atoms with Crippen LogP contribution in [-0.4, -0.2) is 16.8 Å². The van der Waals surface area contributed by atoms with E-state index in [2.05, 4.69) is 23.2 Å². The highest BCUT2D eigenvalue weighted by Gasteiger charge is 2.41. The molecule has 0 aliphatic carbocycles. The van der Waals surface area contributed by atoms with Gasteiger partial charge in [0.05, 0.1) is 0 Å². The summed E-state index contributed by atoms with van der Waals surface area (Å²) in [6, 6.07) is 0. The van der Waals surface area contributed by atoms with Crippen molar-refractivity contribution in [3.8, 4) is 0 Å². The summed E-state index contributed by atoms with van der Waals surface area (Å²) >= 11 is 9.22. The first-order valence-electron chi connectivity index (χ1n) is 1.75. The molecule has 0 rings (SSSR count). The van der Waals surface area contributed by atoms with Gasteiger partial charge in [-0.05, 0) is 0 Å². The van der Waals surface area contributed by atoms with Gasteiger partial charge in [-0.1, -0.05) is 23.2 Å². The number of Topliss-reactive ketones (excluding diaryl/α,β-unsaturated/α-hetero) is 1. The third-order valence-corrected chi connectivity index (χ3v) is 0.874. The molecule has 0 atom stereocenters. The van der Waals surface area contributed by atoms with Crippen molar-refractivity contribution in [1.29, 1.82) is 0 Å². The fourth-order valence-corrected chi connectivity index (χ4v) is 0.371. The van der Waals surface area contributed by atoms with E-state index in [1.165, 1.54) is 0 Å². The molecular weight excluding hydrogens is 180 g/mol. The highest BCUT2D eigenvalue weighted by molar-refractivity contribution is 6.54. The Bertz CT molecular complexity index is 119. The molecule has 0 radical (unpaired) electrons. The molecule has 6 heteroatoms. The maximum atomic E-state index is 11.2. The van der Waals surface area contributed by atoms with Crippen molar-refractivity contribution in [2.75, 3.05) is 0 Å². The summed E-state index contributed by atoms with van der Waals surface area (Å²) in [6.07, 6.45) is -4.92. The molecule has 1 nitrogen and oxygen atoms in total. The van der Waals surface area contributed by atoms with Crippen LogP contribution in [0.3, 0.4) is 0 Å². The van der Waals surface area contributed by atoms with Crippen LogP contribution in [0.15, 0.2) is 0 Å². The van der Waals surface area contributed by atoms with Crippen LogP contribution in [0.25, 0.3) is 0 Å². The van der Waals surface area contributed by atoms with E-state index in [1.54, 1.807) is 0 Å². The second-order valence-corrected chi connectivity index (χ2v) is 2.26. The first-order valence-corrected chi connectivity index (χ1v) is 2.62. The largest absolute Gasteiger partial charge is 0.452 e. The Morgan fingerprint density at radius 1 is 1.33 bits per heavy atom. The van der Waals surface area contributed by atoms with Gasteiger partial charge in [-0.2, -0.15) is 13.2 Å². The van der Waals surface area contributed by atoms with Crippen LogP contribution in [0.5, 0.6) is 0 Å². The van der Waals surface area contributed by atoms with Crippen LogP contribution >= 0.6 is 23.2 Å². The predicted octanol–water partition coefficient (Wildman–Crippen LogP) is 1.92. The molecule has 9 heavy (non-hydrogen) atoms. The van der Waals surface area contributed by atoms with Gasteiger partial charge < -0.3 is 0 Å². The number of hydrogen-bond acceptors (Lipinski definition) is 1. The molecule has 0 aromatic rings. The van der Waals surface area contributed by atoms with E-state index in [0.29, 0.717) is 0 Å². The lowest BCUT2D eigenvalue weighted by atomic mass is 10.4. The SMILES string of the molecule is O=C(C(Cl)Cl)C(F)(F)F. The second-order valence-electron chi connectivity index (χ2n) is 1.16. The second kappa shape index (κ2) is 2.75. The standard InChI is InChI=1S/C3HCl2F3O/c4-2(5)1(9)3(6,7)8/h2H. The van der Waals surface area contributed by atoms with Gasteiger partial charge in [-0.3, -0.25) is 4.79 Å². The van der Waals surface area contributed by atoms with Gasteiger partial charge in [0.15, 0.2) is 4.84 Å². The Labute approximate surface area is 58.7 Å². The lowest BCUT2D eigenvalue weighted by Crippen LogP contribution is -2.27. The van der Waals surface area contributed by atoms with Crippen LogP contribution in [0.4, 0.5) is 13.2 Å². The van der Waals surface area contributed by atoms with Crippen molar-refractivity contribution in [1.82, 2.24) is 0 Å². The normalized spacial score (nSPS) is 12.2. The third-order valence-electron chi connectivity index (χ3n) is 0.478. The van der Waals surface area contributed by atoms with Gasteiger partial charge in [-0.25, -0.2) is 0 Å². The summed E-state index contributed by atoms with van der Waals surface area (Å²) in [5, 5.41) is 0. The first-order chi connectivity index (χ1) is 3.85. The van der Waals surface area contributed by atoms with Gasteiger partial charge in [0.25, 0.3) is 5.78 Å². The lowest BCUT2D eigenvalue weighted by molar-refractivity contribution is -0.169. The van der Waals surface area contributed by atoms with Crippen LogP contribution in [0, 0.1) is 0 Å². The van der Waals surface area contributed by atoms with Gasteiger partial charge in [0.1, 0.15) is 0 Å². The predicted molar refractivity (Wildman–Crippen MR) is 26.6 cm³/mol. The highest BCUT2D eigenvalue weighted by Crippen LogP contribution is 2.21. The molecule has 54 valence electrons. The Balaban J connectivity index is 4.06. The smallest absolute Gasteiger partial charge is 0.286 e. The van der Waals surface area contributed by atoms with Crippen LogP contribution in [0.2, 0.25) is 0 Å². The number of hydrogen-bond donors (Lipinski definition) is 0. The molecular formula is C3HCl2F3O. The molecule has 0 unspecified atom stereocenters. The number of ketones is 1. The number of halogens is 5. The minimum Gasteiger partial charge on any atom is -0.286 e. The molecule has 0 saturated heterocycles. The maximum absolute atomic E-state index is 11.2. The molecule has 0 aliphatic heterocycles. The number of rotatable bonds is 1. The van der Waals surface area contributed by atoms with E-state index in [-0.39, 0.29) is 0 Å². The molecule has 0 fully saturated rings. The first kappa shape index (κ1) is 9.04. The zero-order valence-electron chi connectivity index (χ0n) is 3.88. The molecule has 0 heterocycles. The molecule has 0 spiro atoms. The quantitative estimate of drug-likeness (QED) is 0.564. The monoisotopic (exact) mass is 180 g/mol. The van der Waals surface area contributed by atoms with E-state index in [4.69, 9.17) is 0 Å². The number of carbonyl (C=O) groups is 1. The summed E-state index contributed by atoms with van der Waals surface area (Å²) in [6.45, 7) is 0. The molecule has 0 aliphatic rings. The summed E-state index contributed by atoms with van der Waals surface area (Å²) in [7, 11) is 0. The zero-order valence-corrected chi connectivity index (χ0v) is 5.39. The Morgan fingerprint density at radius 3 is 1.67 bits per heavy atom. The van der Waals surface area contributed by atoms with Crippen molar-refractivity contribution in [2.24, 2.45) is 0 Å². The van der Waals surface area contributed by atoms with Crippen molar-refractivity contribution in [2.45, 2.75) is 11.0 Å². The van der Waals surface area contributed by atoms with Gasteiger partial charge in [0, 0.05) is 0 Å². The van der Waals surface area contributed by atoms with Crippen molar-refractivity contribution in [3.05, 3.63) is 0 Å². The maximum Gasteiger partial charge on any atom is 0.452 e. The van der Waals surface area contributed by atoms with Gasteiger partial charge in [-0.15, -0.1) is 0 Å². The molecule has 0 N–H and O–H groups in total. The minimum atomic E-state index is -4.92. The van der Waals surface area contributed by atoms with E-state index >= 15 is 0 Å². The molecule has 0 aromatic heterocycles. The fraction of sp³-hybridized carbons (Fsp3) is 0.667. The van der Waals surface area contributed by atoms with Crippen LogP contribution in [0.1, 0.15) is 0 Å². The number of carbonyl (C=O) groups excluding carboxylic acids is 1. The van der Waals surface area contributed by atoms with Crippen molar-refractivity contribution >= 4 is 29.0 Å². The van der Waals surface area contributed by atoms with Crippen LogP contribution in [-0.2, 0) is 4.79 Å². The summed E-state index contributed by atoms with van der Waals surface area (Å²) in [5.74, 6) is -2.13. The number of alkyl halides is 5. The topological polar surface area (TPSA) is 17.1 Å². The van der Waals surface area contributed by atoms with Gasteiger partial charge in [0.2, 0.25) is 0 Å². The van der Waals surface area contributed by atoms with Gasteiger partial charge >= 0.3 is 6.18 Å². The zero-order chi connectivity index (χ0) is 7.65. The average Bonchev–Trinajstić information content (AvgIpc) is 1.62. The Hall–Kier alpha value is 0.0400. The van der Waals surface area contributed by atoms with Crippen molar-refractivity contribution in [3.63, 3.8) is 0 Å². The third kappa shape index (κ3) is 2.91. The highest BCUT2D eigenvalue weighted by atomic mass is 35.5. The molecule has 0 saturated carbocycles.